The van der Waals surface area contributed by atoms with Crippen molar-refractivity contribution in [1.82, 2.24) is 4.90 Å². The number of fused-ring (bicyclic) bond motifs is 2. The number of anilines is 1. The van der Waals surface area contributed by atoms with E-state index < -0.39 is 34.7 Å². The summed E-state index contributed by atoms with van der Waals surface area (Å²) in [6, 6.07) is 13.7. The Kier molecular flexibility index (Phi) is 5.07. The van der Waals surface area contributed by atoms with E-state index in [9.17, 15) is 24.5 Å². The van der Waals surface area contributed by atoms with E-state index in [4.69, 9.17) is 14.2 Å². The standard InChI is InChI=1S/C26H19N3O8/c1-2-35-17-7-4-15(5-8-17)27-22(14-3-10-20-21(11-14)37-13-36-20)23(26(27)32)28-24(30)18-9-6-16(29(33)34)12-19(18)25(28)31/h3-12,22-23H,2,13H2,1H3/t22-,23-/m1/s1. The Bertz CT molecular complexity index is 1490. The zero-order valence-corrected chi connectivity index (χ0v) is 19.5. The van der Waals surface area contributed by atoms with Gasteiger partial charge in [-0.1, -0.05) is 6.07 Å². The number of nitro benzene ring substituents is 1. The number of nitro groups is 1. The highest BCUT2D eigenvalue weighted by Crippen LogP contribution is 2.46. The SMILES string of the molecule is CCOc1ccc(N2C(=O)[C@H](N3C(=O)c4ccc([N+](=O)[O-])cc4C3=O)[C@H]2c2ccc3c(c2)OCO3)cc1. The molecule has 1 saturated heterocycles. The van der Waals surface area contributed by atoms with Crippen LogP contribution in [0.25, 0.3) is 0 Å². The average Bonchev–Trinajstić information content (AvgIpc) is 3.46. The van der Waals surface area contributed by atoms with E-state index in [1.807, 2.05) is 6.92 Å². The molecule has 37 heavy (non-hydrogen) atoms. The van der Waals surface area contributed by atoms with Crippen LogP contribution in [0.1, 0.15) is 39.2 Å². The zero-order valence-electron chi connectivity index (χ0n) is 19.5. The lowest BCUT2D eigenvalue weighted by atomic mass is 9.86. The minimum absolute atomic E-state index is 0.0207. The number of carbonyl (C=O) groups excluding carboxylic acids is 3. The molecule has 3 aliphatic rings. The Labute approximate surface area is 209 Å². The fourth-order valence-electron chi connectivity index (χ4n) is 4.92. The van der Waals surface area contributed by atoms with Gasteiger partial charge < -0.3 is 19.1 Å². The third kappa shape index (κ3) is 3.39. The van der Waals surface area contributed by atoms with Crippen LogP contribution in [0.5, 0.6) is 17.2 Å². The lowest BCUT2D eigenvalue weighted by molar-refractivity contribution is -0.384. The normalized spacial score (nSPS) is 19.6. The van der Waals surface area contributed by atoms with E-state index in [1.54, 1.807) is 42.5 Å². The van der Waals surface area contributed by atoms with Crippen LogP contribution in [0.2, 0.25) is 0 Å². The summed E-state index contributed by atoms with van der Waals surface area (Å²) in [4.78, 5) is 53.2. The average molecular weight is 501 g/mol. The molecule has 0 unspecified atom stereocenters. The van der Waals surface area contributed by atoms with E-state index in [0.717, 1.165) is 17.0 Å². The number of nitrogens with zero attached hydrogens (tertiary/aromatic N) is 3. The number of imide groups is 1. The quantitative estimate of drug-likeness (QED) is 0.217. The number of benzene rings is 3. The molecule has 6 rings (SSSR count). The van der Waals surface area contributed by atoms with Crippen LogP contribution in [-0.2, 0) is 4.79 Å². The van der Waals surface area contributed by atoms with E-state index >= 15 is 0 Å². The van der Waals surface area contributed by atoms with Crippen LogP contribution in [0.3, 0.4) is 0 Å². The molecule has 11 nitrogen and oxygen atoms in total. The van der Waals surface area contributed by atoms with Crippen LogP contribution in [0.15, 0.2) is 60.7 Å². The Morgan fingerprint density at radius 3 is 2.35 bits per heavy atom. The van der Waals surface area contributed by atoms with Crippen molar-refractivity contribution in [2.75, 3.05) is 18.3 Å². The minimum atomic E-state index is -1.15. The molecule has 3 aromatic carbocycles. The van der Waals surface area contributed by atoms with Gasteiger partial charge in [0.2, 0.25) is 6.79 Å². The van der Waals surface area contributed by atoms with Crippen molar-refractivity contribution in [3.05, 3.63) is 87.5 Å². The molecule has 0 aromatic heterocycles. The van der Waals surface area contributed by atoms with Crippen LogP contribution < -0.4 is 19.1 Å². The van der Waals surface area contributed by atoms with Gasteiger partial charge in [0.15, 0.2) is 11.5 Å². The molecule has 186 valence electrons. The third-order valence-corrected chi connectivity index (χ3v) is 6.62. The van der Waals surface area contributed by atoms with Gasteiger partial charge in [0.1, 0.15) is 11.8 Å². The first kappa shape index (κ1) is 22.5. The second-order valence-corrected chi connectivity index (χ2v) is 8.60. The van der Waals surface area contributed by atoms with Gasteiger partial charge >= 0.3 is 0 Å². The first-order valence-electron chi connectivity index (χ1n) is 11.5. The molecular weight excluding hydrogens is 482 g/mol. The van der Waals surface area contributed by atoms with Gasteiger partial charge in [-0.15, -0.1) is 0 Å². The summed E-state index contributed by atoms with van der Waals surface area (Å²) in [5, 5.41) is 11.2. The minimum Gasteiger partial charge on any atom is -0.494 e. The van der Waals surface area contributed by atoms with Crippen LogP contribution in [0.4, 0.5) is 11.4 Å². The molecule has 0 radical (unpaired) electrons. The van der Waals surface area contributed by atoms with Gasteiger partial charge in [0.25, 0.3) is 23.4 Å². The van der Waals surface area contributed by atoms with E-state index in [1.165, 1.54) is 11.0 Å². The summed E-state index contributed by atoms with van der Waals surface area (Å²) in [7, 11) is 0. The highest BCUT2D eigenvalue weighted by molar-refractivity contribution is 6.25. The van der Waals surface area contributed by atoms with Crippen molar-refractivity contribution < 1.29 is 33.5 Å². The van der Waals surface area contributed by atoms with Gasteiger partial charge in [-0.25, -0.2) is 0 Å². The van der Waals surface area contributed by atoms with Crippen LogP contribution in [0, 0.1) is 10.1 Å². The maximum atomic E-state index is 13.6. The predicted molar refractivity (Wildman–Crippen MR) is 128 cm³/mol. The molecule has 3 heterocycles. The monoisotopic (exact) mass is 501 g/mol. The number of amides is 3. The number of hydrogen-bond donors (Lipinski definition) is 0. The van der Waals surface area contributed by atoms with Crippen LogP contribution in [-0.4, -0.2) is 47.0 Å². The molecule has 3 amide bonds. The largest absolute Gasteiger partial charge is 0.494 e. The van der Waals surface area contributed by atoms with E-state index in [-0.39, 0.29) is 23.6 Å². The highest BCUT2D eigenvalue weighted by Gasteiger charge is 2.57. The Morgan fingerprint density at radius 2 is 1.62 bits per heavy atom. The summed E-state index contributed by atoms with van der Waals surface area (Å²) >= 11 is 0. The summed E-state index contributed by atoms with van der Waals surface area (Å²) in [5.41, 5.74) is 0.790. The number of ether oxygens (including phenoxy) is 3. The molecule has 3 aromatic rings. The molecule has 11 heteroatoms. The van der Waals surface area contributed by atoms with Gasteiger partial charge in [-0.05, 0) is 55.0 Å². The first-order chi connectivity index (χ1) is 17.9. The lowest BCUT2D eigenvalue weighted by Gasteiger charge is -2.49. The second-order valence-electron chi connectivity index (χ2n) is 8.60. The molecule has 0 spiro atoms. The van der Waals surface area contributed by atoms with Crippen molar-refractivity contribution in [3.63, 3.8) is 0 Å². The number of rotatable bonds is 6. The maximum Gasteiger partial charge on any atom is 0.270 e. The zero-order chi connectivity index (χ0) is 25.8. The topological polar surface area (TPSA) is 129 Å². The van der Waals surface area contributed by atoms with Crippen molar-refractivity contribution in [2.45, 2.75) is 19.0 Å². The maximum absolute atomic E-state index is 13.6. The molecule has 1 fully saturated rings. The van der Waals surface area contributed by atoms with Gasteiger partial charge in [-0.3, -0.25) is 29.4 Å². The smallest absolute Gasteiger partial charge is 0.270 e. The van der Waals surface area contributed by atoms with Crippen molar-refractivity contribution in [2.24, 2.45) is 0 Å². The molecule has 0 saturated carbocycles. The van der Waals surface area contributed by atoms with Gasteiger partial charge in [0, 0.05) is 17.8 Å². The van der Waals surface area contributed by atoms with Crippen molar-refractivity contribution >= 4 is 29.1 Å². The first-order valence-corrected chi connectivity index (χ1v) is 11.5. The Balaban J connectivity index is 1.41. The number of carbonyl (C=O) groups is 3. The molecule has 2 atom stereocenters. The van der Waals surface area contributed by atoms with Crippen LogP contribution >= 0.6 is 0 Å². The van der Waals surface area contributed by atoms with E-state index in [2.05, 4.69) is 0 Å². The summed E-state index contributed by atoms with van der Waals surface area (Å²) in [6.07, 6.45) is 0. The molecular formula is C26H19N3O8. The molecule has 0 aliphatic carbocycles. The Hall–Kier alpha value is -4.93. The van der Waals surface area contributed by atoms with Crippen molar-refractivity contribution in [1.29, 1.82) is 0 Å². The molecule has 0 N–H and O–H groups in total. The number of non-ortho nitro benzene ring substituents is 1. The van der Waals surface area contributed by atoms with E-state index in [0.29, 0.717) is 35.1 Å². The fourth-order valence-corrected chi connectivity index (χ4v) is 4.92. The number of β-lactam (4-membered cyclic amide) rings is 1. The third-order valence-electron chi connectivity index (χ3n) is 6.62. The number of hydrogen-bond acceptors (Lipinski definition) is 8. The van der Waals surface area contributed by atoms with Gasteiger partial charge in [0.05, 0.1) is 28.7 Å². The van der Waals surface area contributed by atoms with Gasteiger partial charge in [-0.2, -0.15) is 0 Å². The Morgan fingerprint density at radius 1 is 0.892 bits per heavy atom. The summed E-state index contributed by atoms with van der Waals surface area (Å²) in [6.45, 7) is 2.41. The fraction of sp³-hybridized carbons (Fsp3) is 0.192. The summed E-state index contributed by atoms with van der Waals surface area (Å²) in [5.74, 6) is -0.218. The predicted octanol–water partition coefficient (Wildman–Crippen LogP) is 3.47. The lowest BCUT2D eigenvalue weighted by Crippen LogP contribution is -2.67. The molecule has 0 bridgehead atoms. The molecule has 3 aliphatic heterocycles. The van der Waals surface area contributed by atoms with Crippen molar-refractivity contribution in [3.8, 4) is 17.2 Å². The summed E-state index contributed by atoms with van der Waals surface area (Å²) < 4.78 is 16.4. The second kappa shape index (κ2) is 8.33. The highest BCUT2D eigenvalue weighted by atomic mass is 16.7.